The van der Waals surface area contributed by atoms with E-state index in [1.54, 1.807) is 0 Å². The molecule has 1 rings (SSSR count). The second-order valence-electron chi connectivity index (χ2n) is 4.20. The van der Waals surface area contributed by atoms with Crippen molar-refractivity contribution in [1.29, 1.82) is 0 Å². The Morgan fingerprint density at radius 1 is 1.00 bits per heavy atom. The molecule has 7 heteroatoms. The van der Waals surface area contributed by atoms with Crippen LogP contribution in [0.4, 0.5) is 26.3 Å². The van der Waals surface area contributed by atoms with E-state index in [0.29, 0.717) is 0 Å². The van der Waals surface area contributed by atoms with E-state index in [1.807, 2.05) is 0 Å². The summed E-state index contributed by atoms with van der Waals surface area (Å²) in [6, 6.07) is 3.61. The Kier molecular flexibility index (Phi) is 4.84. The van der Waals surface area contributed by atoms with Crippen LogP contribution in [0.15, 0.2) is 24.3 Å². The normalized spacial score (nSPS) is 14.5. The zero-order chi connectivity index (χ0) is 14.7. The smallest absolute Gasteiger partial charge is 0.324 e. The summed E-state index contributed by atoms with van der Waals surface area (Å²) in [5.41, 5.74) is 4.49. The summed E-state index contributed by atoms with van der Waals surface area (Å²) in [5, 5.41) is 0. The van der Waals surface area contributed by atoms with Crippen molar-refractivity contribution >= 4 is 0 Å². The van der Waals surface area contributed by atoms with E-state index in [9.17, 15) is 26.3 Å². The third-order valence-corrected chi connectivity index (χ3v) is 2.64. The van der Waals surface area contributed by atoms with Gasteiger partial charge in [-0.2, -0.15) is 26.3 Å². The molecule has 0 bridgehead atoms. The molecule has 0 saturated carbocycles. The first-order valence-corrected chi connectivity index (χ1v) is 5.60. The van der Waals surface area contributed by atoms with Crippen LogP contribution in [0.2, 0.25) is 0 Å². The minimum absolute atomic E-state index is 0.146. The van der Waals surface area contributed by atoms with Crippen LogP contribution in [0.1, 0.15) is 36.4 Å². The van der Waals surface area contributed by atoms with Gasteiger partial charge >= 0.3 is 12.4 Å². The van der Waals surface area contributed by atoms with Crippen molar-refractivity contribution in [2.45, 2.75) is 37.7 Å². The molecule has 2 N–H and O–H groups in total. The lowest BCUT2D eigenvalue weighted by Gasteiger charge is -2.18. The first-order chi connectivity index (χ1) is 8.61. The molecule has 0 saturated heterocycles. The topological polar surface area (TPSA) is 26.0 Å². The summed E-state index contributed by atoms with van der Waals surface area (Å²) < 4.78 is 73.9. The second-order valence-corrected chi connectivity index (χ2v) is 4.20. The van der Waals surface area contributed by atoms with Crippen LogP contribution in [0, 0.1) is 0 Å². The van der Waals surface area contributed by atoms with Crippen molar-refractivity contribution < 1.29 is 26.3 Å². The molecule has 0 aliphatic rings. The van der Waals surface area contributed by atoms with Crippen molar-refractivity contribution in [3.63, 3.8) is 0 Å². The molecule has 1 aromatic rings. The highest BCUT2D eigenvalue weighted by Crippen LogP contribution is 2.35. The number of benzene rings is 1. The van der Waals surface area contributed by atoms with Gasteiger partial charge in [0, 0.05) is 12.5 Å². The third kappa shape index (κ3) is 5.10. The molecule has 0 spiro atoms. The van der Waals surface area contributed by atoms with Gasteiger partial charge in [0.25, 0.3) is 0 Å². The monoisotopic (exact) mass is 285 g/mol. The van der Waals surface area contributed by atoms with Gasteiger partial charge in [-0.25, -0.2) is 0 Å². The molecule has 0 radical (unpaired) electrons. The maximum atomic E-state index is 12.7. The Labute approximate surface area is 106 Å². The number of rotatable bonds is 4. The summed E-state index contributed by atoms with van der Waals surface area (Å²) in [5.74, 6) is 0. The van der Waals surface area contributed by atoms with E-state index >= 15 is 0 Å². The van der Waals surface area contributed by atoms with Gasteiger partial charge in [-0.1, -0.05) is 18.2 Å². The fraction of sp³-hybridized carbons (Fsp3) is 0.500. The van der Waals surface area contributed by atoms with E-state index < -0.39 is 30.4 Å². The predicted molar refractivity (Wildman–Crippen MR) is 58.3 cm³/mol. The Morgan fingerprint density at radius 2 is 1.58 bits per heavy atom. The average molecular weight is 285 g/mol. The number of halogens is 6. The Balaban J connectivity index is 2.75. The second kappa shape index (κ2) is 5.81. The molecular formula is C12H13F6N. The van der Waals surface area contributed by atoms with Crippen molar-refractivity contribution in [3.8, 4) is 0 Å². The summed E-state index contributed by atoms with van der Waals surface area (Å²) in [6.45, 7) is 0. The number of nitrogens with two attached hydrogens (primary N) is 1. The highest BCUT2D eigenvalue weighted by atomic mass is 19.4. The summed E-state index contributed by atoms with van der Waals surface area (Å²) in [7, 11) is 0. The van der Waals surface area contributed by atoms with Crippen molar-refractivity contribution in [2.75, 3.05) is 0 Å². The molecule has 0 aliphatic carbocycles. The van der Waals surface area contributed by atoms with Crippen LogP contribution in [0.5, 0.6) is 0 Å². The van der Waals surface area contributed by atoms with Crippen LogP contribution >= 0.6 is 0 Å². The molecule has 0 amide bonds. The average Bonchev–Trinajstić information content (AvgIpc) is 2.26. The van der Waals surface area contributed by atoms with E-state index in [-0.39, 0.29) is 18.4 Å². The van der Waals surface area contributed by atoms with Gasteiger partial charge in [0.15, 0.2) is 0 Å². The highest BCUT2D eigenvalue weighted by Gasteiger charge is 2.34. The van der Waals surface area contributed by atoms with Crippen molar-refractivity contribution in [1.82, 2.24) is 0 Å². The Hall–Kier alpha value is -1.24. The van der Waals surface area contributed by atoms with E-state index in [1.165, 1.54) is 18.2 Å². The van der Waals surface area contributed by atoms with E-state index in [2.05, 4.69) is 0 Å². The molecular weight excluding hydrogens is 272 g/mol. The molecule has 0 aliphatic heterocycles. The van der Waals surface area contributed by atoms with Gasteiger partial charge in [0.2, 0.25) is 0 Å². The molecule has 0 fully saturated rings. The molecule has 19 heavy (non-hydrogen) atoms. The number of alkyl halides is 6. The van der Waals surface area contributed by atoms with Crippen molar-refractivity contribution in [2.24, 2.45) is 5.73 Å². The molecule has 0 heterocycles. The van der Waals surface area contributed by atoms with Gasteiger partial charge in [-0.05, 0) is 24.5 Å². The lowest BCUT2D eigenvalue weighted by atomic mass is 9.96. The van der Waals surface area contributed by atoms with Gasteiger partial charge in [0.05, 0.1) is 5.56 Å². The Morgan fingerprint density at radius 3 is 2.11 bits per heavy atom. The van der Waals surface area contributed by atoms with Gasteiger partial charge in [-0.15, -0.1) is 0 Å². The van der Waals surface area contributed by atoms with Crippen LogP contribution in [-0.2, 0) is 6.18 Å². The lowest BCUT2D eigenvalue weighted by Crippen LogP contribution is -2.18. The SMILES string of the molecule is NC(CCCC(F)(F)F)c1ccccc1C(F)(F)F. The fourth-order valence-electron chi connectivity index (χ4n) is 1.76. The zero-order valence-corrected chi connectivity index (χ0v) is 9.85. The number of hydrogen-bond acceptors (Lipinski definition) is 1. The number of hydrogen-bond donors (Lipinski definition) is 1. The molecule has 0 aromatic heterocycles. The quantitative estimate of drug-likeness (QED) is 0.813. The standard InChI is InChI=1S/C12H13F6N/c13-11(14,15)7-3-6-10(19)8-4-1-2-5-9(8)12(16,17)18/h1-2,4-5,10H,3,6-7,19H2. The molecule has 1 atom stereocenters. The maximum absolute atomic E-state index is 12.7. The third-order valence-electron chi connectivity index (χ3n) is 2.64. The molecule has 1 nitrogen and oxygen atoms in total. The molecule has 1 aromatic carbocycles. The Bertz CT molecular complexity index is 409. The molecule has 1 unspecified atom stereocenters. The highest BCUT2D eigenvalue weighted by molar-refractivity contribution is 5.32. The minimum Gasteiger partial charge on any atom is -0.324 e. The van der Waals surface area contributed by atoms with Gasteiger partial charge in [0.1, 0.15) is 0 Å². The largest absolute Gasteiger partial charge is 0.416 e. The van der Waals surface area contributed by atoms with Crippen LogP contribution in [0.25, 0.3) is 0 Å². The first-order valence-electron chi connectivity index (χ1n) is 5.60. The zero-order valence-electron chi connectivity index (χ0n) is 9.85. The summed E-state index contributed by atoms with van der Waals surface area (Å²) in [4.78, 5) is 0. The van der Waals surface area contributed by atoms with Gasteiger partial charge < -0.3 is 5.73 Å². The van der Waals surface area contributed by atoms with Gasteiger partial charge in [-0.3, -0.25) is 0 Å². The van der Waals surface area contributed by atoms with Crippen LogP contribution in [-0.4, -0.2) is 6.18 Å². The lowest BCUT2D eigenvalue weighted by molar-refractivity contribution is -0.139. The molecule has 108 valence electrons. The first kappa shape index (κ1) is 15.8. The van der Waals surface area contributed by atoms with Crippen molar-refractivity contribution in [3.05, 3.63) is 35.4 Å². The van der Waals surface area contributed by atoms with E-state index in [0.717, 1.165) is 6.07 Å². The maximum Gasteiger partial charge on any atom is 0.416 e. The summed E-state index contributed by atoms with van der Waals surface area (Å²) in [6.07, 6.45) is -10.4. The van der Waals surface area contributed by atoms with Crippen LogP contribution in [0.3, 0.4) is 0 Å². The van der Waals surface area contributed by atoms with Crippen LogP contribution < -0.4 is 5.73 Å². The fourth-order valence-corrected chi connectivity index (χ4v) is 1.76. The predicted octanol–water partition coefficient (Wildman–Crippen LogP) is 4.44. The minimum atomic E-state index is -4.56. The van der Waals surface area contributed by atoms with E-state index in [4.69, 9.17) is 5.73 Å². The summed E-state index contributed by atoms with van der Waals surface area (Å²) >= 11 is 0.